The van der Waals surface area contributed by atoms with Crippen molar-refractivity contribution < 1.29 is 37.3 Å². The van der Waals surface area contributed by atoms with Crippen LogP contribution in [0.1, 0.15) is 71.9 Å². The minimum Gasteiger partial charge on any atom is -0.490 e. The fourth-order valence-electron chi connectivity index (χ4n) is 5.65. The number of pyridine rings is 1. The standard InChI is InChI=1S/C36H45F3N4O5/c1-24-20-43(25(2)23-44)35(46)31-19-30(41-34(45)28-14-16-40-17-15-28)12-13-32(31)48-26(3)7-5-6-18-47-33(24)22-42(4)21-27-8-10-29(11-9-27)36(37,38)39/h8-17,19,24-26,33,44H,5-7,18,20-23H2,1-4H3,(H,41,45)/t24-,25-,26+,33+/m0/s1. The van der Waals surface area contributed by atoms with Gasteiger partial charge >= 0.3 is 6.18 Å². The lowest BCUT2D eigenvalue weighted by Crippen LogP contribution is -2.47. The summed E-state index contributed by atoms with van der Waals surface area (Å²) in [4.78, 5) is 34.8. The van der Waals surface area contributed by atoms with Gasteiger partial charge in [-0.1, -0.05) is 19.1 Å². The monoisotopic (exact) mass is 670 g/mol. The summed E-state index contributed by atoms with van der Waals surface area (Å²) >= 11 is 0. The van der Waals surface area contributed by atoms with E-state index in [-0.39, 0.29) is 48.7 Å². The third-order valence-corrected chi connectivity index (χ3v) is 8.48. The Morgan fingerprint density at radius 1 is 1.10 bits per heavy atom. The second-order valence-corrected chi connectivity index (χ2v) is 12.6. The zero-order valence-corrected chi connectivity index (χ0v) is 27.9. The number of amides is 2. The molecule has 0 saturated heterocycles. The molecule has 0 bridgehead atoms. The van der Waals surface area contributed by atoms with Gasteiger partial charge in [-0.05, 0) is 88.2 Å². The zero-order valence-electron chi connectivity index (χ0n) is 27.9. The number of anilines is 1. The first kappa shape index (κ1) is 36.8. The summed E-state index contributed by atoms with van der Waals surface area (Å²) in [5.41, 5.74) is 1.14. The van der Waals surface area contributed by atoms with E-state index in [1.165, 1.54) is 24.5 Å². The SMILES string of the molecule is C[C@@H]1CCCCO[C@H](CN(C)Cc2ccc(C(F)(F)F)cc2)[C@@H](C)CN([C@@H](C)CO)C(=O)c2cc(NC(=O)c3ccncc3)ccc2O1. The largest absolute Gasteiger partial charge is 0.490 e. The van der Waals surface area contributed by atoms with E-state index in [1.807, 2.05) is 25.8 Å². The maximum absolute atomic E-state index is 14.3. The van der Waals surface area contributed by atoms with Crippen LogP contribution in [0.3, 0.4) is 0 Å². The number of aromatic nitrogens is 1. The Morgan fingerprint density at radius 3 is 2.48 bits per heavy atom. The normalized spacial score (nSPS) is 20.4. The number of benzene rings is 2. The minimum absolute atomic E-state index is 0.182. The van der Waals surface area contributed by atoms with E-state index < -0.39 is 17.8 Å². The van der Waals surface area contributed by atoms with Crippen molar-refractivity contribution in [2.24, 2.45) is 5.92 Å². The molecule has 2 aromatic carbocycles. The van der Waals surface area contributed by atoms with Gasteiger partial charge < -0.3 is 24.8 Å². The van der Waals surface area contributed by atoms with Gasteiger partial charge in [0.25, 0.3) is 11.8 Å². The number of nitrogens with one attached hydrogen (secondary N) is 1. The van der Waals surface area contributed by atoms with Crippen molar-refractivity contribution in [3.8, 4) is 5.75 Å². The lowest BCUT2D eigenvalue weighted by Gasteiger charge is -2.36. The second kappa shape index (κ2) is 16.9. The summed E-state index contributed by atoms with van der Waals surface area (Å²) in [6.45, 7) is 7.04. The molecule has 0 radical (unpaired) electrons. The van der Waals surface area contributed by atoms with E-state index in [0.717, 1.165) is 37.0 Å². The molecule has 0 unspecified atom stereocenters. The molecule has 260 valence electrons. The van der Waals surface area contributed by atoms with Gasteiger partial charge in [-0.15, -0.1) is 0 Å². The van der Waals surface area contributed by atoms with E-state index in [9.17, 15) is 27.9 Å². The molecule has 0 saturated carbocycles. The number of ether oxygens (including phenoxy) is 2. The number of likely N-dealkylation sites (N-methyl/N-ethyl adjacent to an activating group) is 1. The Labute approximate surface area is 280 Å². The fraction of sp³-hybridized carbons (Fsp3) is 0.472. The topological polar surface area (TPSA) is 104 Å². The molecule has 2 N–H and O–H groups in total. The predicted octanol–water partition coefficient (Wildman–Crippen LogP) is 6.28. The van der Waals surface area contributed by atoms with Gasteiger partial charge in [0, 0.05) is 55.8 Å². The van der Waals surface area contributed by atoms with Crippen LogP contribution < -0.4 is 10.1 Å². The molecule has 48 heavy (non-hydrogen) atoms. The molecule has 1 aliphatic rings. The van der Waals surface area contributed by atoms with Gasteiger partial charge in [0.2, 0.25) is 0 Å². The van der Waals surface area contributed by atoms with Gasteiger partial charge in [0.1, 0.15) is 5.75 Å². The highest BCUT2D eigenvalue weighted by Gasteiger charge is 2.32. The summed E-state index contributed by atoms with van der Waals surface area (Å²) in [7, 11) is 1.88. The van der Waals surface area contributed by atoms with Crippen molar-refractivity contribution in [2.75, 3.05) is 38.7 Å². The molecule has 1 aliphatic heterocycles. The molecule has 2 amide bonds. The van der Waals surface area contributed by atoms with Gasteiger partial charge in [-0.3, -0.25) is 19.5 Å². The van der Waals surface area contributed by atoms with Crippen LogP contribution in [-0.2, 0) is 17.5 Å². The Balaban J connectivity index is 1.58. The highest BCUT2D eigenvalue weighted by molar-refractivity contribution is 6.05. The molecule has 0 fully saturated rings. The van der Waals surface area contributed by atoms with Crippen molar-refractivity contribution in [2.45, 2.75) is 71.0 Å². The molecule has 3 aromatic rings. The van der Waals surface area contributed by atoms with Crippen LogP contribution in [0.2, 0.25) is 0 Å². The van der Waals surface area contributed by atoms with Gasteiger partial charge in [0.05, 0.1) is 36.0 Å². The average molecular weight is 671 g/mol. The first-order chi connectivity index (χ1) is 22.8. The highest BCUT2D eigenvalue weighted by Crippen LogP contribution is 2.30. The molecule has 0 spiro atoms. The van der Waals surface area contributed by atoms with E-state index >= 15 is 0 Å². The number of hydrogen-bond donors (Lipinski definition) is 2. The summed E-state index contributed by atoms with van der Waals surface area (Å²) in [5.74, 6) is -0.508. The third-order valence-electron chi connectivity index (χ3n) is 8.48. The highest BCUT2D eigenvalue weighted by atomic mass is 19.4. The van der Waals surface area contributed by atoms with Crippen molar-refractivity contribution in [3.63, 3.8) is 0 Å². The number of halogens is 3. The van der Waals surface area contributed by atoms with E-state index in [0.29, 0.717) is 36.7 Å². The summed E-state index contributed by atoms with van der Waals surface area (Å²) in [6.07, 6.45) is 0.489. The van der Waals surface area contributed by atoms with Gasteiger partial charge in [0.15, 0.2) is 0 Å². The summed E-state index contributed by atoms with van der Waals surface area (Å²) in [5, 5.41) is 13.0. The van der Waals surface area contributed by atoms with Crippen LogP contribution in [0.5, 0.6) is 5.75 Å². The van der Waals surface area contributed by atoms with Crippen LogP contribution in [0.25, 0.3) is 0 Å². The van der Waals surface area contributed by atoms with Crippen molar-refractivity contribution >= 4 is 17.5 Å². The number of carbonyl (C=O) groups excluding carboxylic acids is 2. The molecule has 4 atom stereocenters. The number of fused-ring (bicyclic) bond motifs is 1. The van der Waals surface area contributed by atoms with Gasteiger partial charge in [-0.2, -0.15) is 13.2 Å². The number of hydrogen-bond acceptors (Lipinski definition) is 7. The van der Waals surface area contributed by atoms with Crippen LogP contribution in [0, 0.1) is 5.92 Å². The maximum atomic E-state index is 14.3. The Kier molecular flexibility index (Phi) is 13.0. The van der Waals surface area contributed by atoms with Crippen LogP contribution >= 0.6 is 0 Å². The fourth-order valence-corrected chi connectivity index (χ4v) is 5.65. The lowest BCUT2D eigenvalue weighted by molar-refractivity contribution is -0.137. The molecule has 1 aromatic heterocycles. The quantitative estimate of drug-likeness (QED) is 0.291. The second-order valence-electron chi connectivity index (χ2n) is 12.6. The molecular formula is C36H45F3N4O5. The van der Waals surface area contributed by atoms with Crippen molar-refractivity contribution in [3.05, 3.63) is 89.2 Å². The number of nitrogens with zero attached hydrogens (tertiary/aromatic N) is 3. The zero-order chi connectivity index (χ0) is 34.8. The third kappa shape index (κ3) is 10.2. The van der Waals surface area contributed by atoms with Crippen LogP contribution in [0.15, 0.2) is 67.0 Å². The Morgan fingerprint density at radius 2 is 1.81 bits per heavy atom. The number of aliphatic hydroxyl groups excluding tert-OH is 1. The predicted molar refractivity (Wildman–Crippen MR) is 177 cm³/mol. The van der Waals surface area contributed by atoms with Crippen molar-refractivity contribution in [1.29, 1.82) is 0 Å². The van der Waals surface area contributed by atoms with Crippen molar-refractivity contribution in [1.82, 2.24) is 14.8 Å². The van der Waals surface area contributed by atoms with Gasteiger partial charge in [-0.25, -0.2) is 0 Å². The van der Waals surface area contributed by atoms with E-state index in [1.54, 1.807) is 42.2 Å². The molecule has 4 rings (SSSR count). The molecule has 2 heterocycles. The van der Waals surface area contributed by atoms with Crippen LogP contribution in [0.4, 0.5) is 18.9 Å². The first-order valence-electron chi connectivity index (χ1n) is 16.3. The summed E-state index contributed by atoms with van der Waals surface area (Å²) in [6, 6.07) is 12.8. The molecular weight excluding hydrogens is 625 g/mol. The maximum Gasteiger partial charge on any atom is 0.416 e. The van der Waals surface area contributed by atoms with E-state index in [2.05, 4.69) is 10.3 Å². The lowest BCUT2D eigenvalue weighted by atomic mass is 10.0. The summed E-state index contributed by atoms with van der Waals surface area (Å²) < 4.78 is 51.8. The number of alkyl halides is 3. The average Bonchev–Trinajstić information content (AvgIpc) is 3.06. The molecule has 0 aliphatic carbocycles. The molecule has 9 nitrogen and oxygen atoms in total. The first-order valence-corrected chi connectivity index (χ1v) is 16.3. The number of aliphatic hydroxyl groups is 1. The minimum atomic E-state index is -4.39. The molecule has 12 heteroatoms. The Bertz CT molecular complexity index is 1490. The van der Waals surface area contributed by atoms with Crippen LogP contribution in [-0.4, -0.2) is 83.3 Å². The Hall–Kier alpha value is -4.00. The smallest absolute Gasteiger partial charge is 0.416 e. The number of carbonyl (C=O) groups is 2. The number of rotatable bonds is 8. The van der Waals surface area contributed by atoms with E-state index in [4.69, 9.17) is 9.47 Å².